The SMILES string of the molecule is O=C(NCC(=O)N1CCCC(c2noc(C3CC3)n2)C1)c1ccc2c(c1)OCO2. The minimum atomic E-state index is -0.322. The Kier molecular flexibility index (Phi) is 4.57. The first kappa shape index (κ1) is 18.0. The predicted molar refractivity (Wildman–Crippen MR) is 99.7 cm³/mol. The van der Waals surface area contributed by atoms with Crippen LogP contribution in [0.2, 0.25) is 0 Å². The van der Waals surface area contributed by atoms with E-state index in [0.717, 1.165) is 31.6 Å². The number of carbonyl (C=O) groups is 2. The Morgan fingerprint density at radius 1 is 1.14 bits per heavy atom. The van der Waals surface area contributed by atoms with Gasteiger partial charge in [-0.15, -0.1) is 0 Å². The molecule has 9 heteroatoms. The summed E-state index contributed by atoms with van der Waals surface area (Å²) in [6.07, 6.45) is 4.02. The molecule has 3 aliphatic rings. The number of amides is 2. The number of nitrogens with one attached hydrogen (secondary N) is 1. The summed E-state index contributed by atoms with van der Waals surface area (Å²) >= 11 is 0. The molecule has 1 aliphatic carbocycles. The van der Waals surface area contributed by atoms with Gasteiger partial charge in [-0.3, -0.25) is 9.59 Å². The van der Waals surface area contributed by atoms with Gasteiger partial charge in [0.15, 0.2) is 17.3 Å². The van der Waals surface area contributed by atoms with E-state index in [1.54, 1.807) is 23.1 Å². The van der Waals surface area contributed by atoms with E-state index in [4.69, 9.17) is 14.0 Å². The van der Waals surface area contributed by atoms with Crippen molar-refractivity contribution in [1.82, 2.24) is 20.4 Å². The number of carbonyl (C=O) groups excluding carboxylic acids is 2. The van der Waals surface area contributed by atoms with Crippen molar-refractivity contribution in [2.24, 2.45) is 0 Å². The third kappa shape index (κ3) is 3.76. The number of ether oxygens (including phenoxy) is 2. The number of nitrogens with zero attached hydrogens (tertiary/aromatic N) is 3. The zero-order valence-electron chi connectivity index (χ0n) is 15.9. The molecule has 9 nitrogen and oxygen atoms in total. The van der Waals surface area contributed by atoms with Gasteiger partial charge in [-0.05, 0) is 43.9 Å². The molecule has 29 heavy (non-hydrogen) atoms. The average Bonchev–Trinajstić information content (AvgIpc) is 3.29. The van der Waals surface area contributed by atoms with Crippen LogP contribution in [0.25, 0.3) is 0 Å². The Bertz CT molecular complexity index is 939. The summed E-state index contributed by atoms with van der Waals surface area (Å²) in [5.74, 6) is 2.62. The molecule has 1 aromatic carbocycles. The van der Waals surface area contributed by atoms with Crippen LogP contribution in [0.15, 0.2) is 22.7 Å². The van der Waals surface area contributed by atoms with Crippen LogP contribution in [0, 0.1) is 0 Å². The Morgan fingerprint density at radius 2 is 2.00 bits per heavy atom. The van der Waals surface area contributed by atoms with Gasteiger partial charge in [0.25, 0.3) is 5.91 Å². The lowest BCUT2D eigenvalue weighted by Crippen LogP contribution is -2.44. The summed E-state index contributed by atoms with van der Waals surface area (Å²) in [6, 6.07) is 4.96. The van der Waals surface area contributed by atoms with Gasteiger partial charge < -0.3 is 24.2 Å². The van der Waals surface area contributed by atoms with Gasteiger partial charge >= 0.3 is 0 Å². The van der Waals surface area contributed by atoms with Crippen LogP contribution in [0.4, 0.5) is 0 Å². The van der Waals surface area contributed by atoms with Crippen molar-refractivity contribution >= 4 is 11.8 Å². The van der Waals surface area contributed by atoms with E-state index in [0.29, 0.717) is 41.9 Å². The fraction of sp³-hybridized carbons (Fsp3) is 0.500. The summed E-state index contributed by atoms with van der Waals surface area (Å²) in [5, 5.41) is 6.81. The molecule has 2 fully saturated rings. The molecule has 0 radical (unpaired) electrons. The first-order valence-electron chi connectivity index (χ1n) is 9.96. The second kappa shape index (κ2) is 7.38. The van der Waals surface area contributed by atoms with Crippen molar-refractivity contribution in [3.63, 3.8) is 0 Å². The van der Waals surface area contributed by atoms with Gasteiger partial charge in [-0.25, -0.2) is 0 Å². The van der Waals surface area contributed by atoms with Crippen LogP contribution < -0.4 is 14.8 Å². The zero-order chi connectivity index (χ0) is 19.8. The molecule has 5 rings (SSSR count). The Labute approximate surface area is 167 Å². The standard InChI is InChI=1S/C20H22N4O5/c25-17(9-21-19(26)13-5-6-15-16(8-13)28-11-27-15)24-7-1-2-14(10-24)18-22-20(29-23-18)12-3-4-12/h5-6,8,12,14H,1-4,7,9-11H2,(H,21,26). The van der Waals surface area contributed by atoms with Crippen molar-refractivity contribution < 1.29 is 23.6 Å². The number of benzene rings is 1. The molecule has 2 amide bonds. The van der Waals surface area contributed by atoms with E-state index in [9.17, 15) is 9.59 Å². The van der Waals surface area contributed by atoms with Gasteiger partial charge in [0, 0.05) is 30.5 Å². The number of piperidine rings is 1. The van der Waals surface area contributed by atoms with E-state index in [2.05, 4.69) is 15.5 Å². The van der Waals surface area contributed by atoms with Crippen LogP contribution in [0.5, 0.6) is 11.5 Å². The maximum absolute atomic E-state index is 12.6. The summed E-state index contributed by atoms with van der Waals surface area (Å²) < 4.78 is 15.9. The number of likely N-dealkylation sites (tertiary alicyclic amines) is 1. The zero-order valence-corrected chi connectivity index (χ0v) is 15.9. The van der Waals surface area contributed by atoms with Gasteiger partial charge in [0.1, 0.15) is 0 Å². The third-order valence-corrected chi connectivity index (χ3v) is 5.56. The summed E-state index contributed by atoms with van der Waals surface area (Å²) in [7, 11) is 0. The summed E-state index contributed by atoms with van der Waals surface area (Å²) in [6.45, 7) is 1.31. The van der Waals surface area contributed by atoms with Crippen LogP contribution in [-0.4, -0.2) is 53.3 Å². The molecule has 1 N–H and O–H groups in total. The number of aromatic nitrogens is 2. The molecule has 152 valence electrons. The fourth-order valence-corrected chi connectivity index (χ4v) is 3.73. The maximum atomic E-state index is 12.6. The molecule has 0 spiro atoms. The van der Waals surface area contributed by atoms with Crippen molar-refractivity contribution in [1.29, 1.82) is 0 Å². The van der Waals surface area contributed by atoms with Crippen molar-refractivity contribution in [3.05, 3.63) is 35.5 Å². The second-order valence-corrected chi connectivity index (χ2v) is 7.69. The highest BCUT2D eigenvalue weighted by Crippen LogP contribution is 2.39. The van der Waals surface area contributed by atoms with Crippen molar-refractivity contribution in [2.75, 3.05) is 26.4 Å². The minimum Gasteiger partial charge on any atom is -0.454 e. The van der Waals surface area contributed by atoms with Crippen molar-refractivity contribution in [2.45, 2.75) is 37.5 Å². The highest BCUT2D eigenvalue weighted by molar-refractivity contribution is 5.97. The molecule has 2 aliphatic heterocycles. The smallest absolute Gasteiger partial charge is 0.251 e. The topological polar surface area (TPSA) is 107 Å². The van der Waals surface area contributed by atoms with Crippen molar-refractivity contribution in [3.8, 4) is 11.5 Å². The monoisotopic (exact) mass is 398 g/mol. The van der Waals surface area contributed by atoms with Gasteiger partial charge in [0.05, 0.1) is 6.54 Å². The van der Waals surface area contributed by atoms with Crippen LogP contribution >= 0.6 is 0 Å². The number of fused-ring (bicyclic) bond motifs is 1. The van der Waals surface area contributed by atoms with E-state index < -0.39 is 0 Å². The largest absolute Gasteiger partial charge is 0.454 e. The maximum Gasteiger partial charge on any atom is 0.251 e. The highest BCUT2D eigenvalue weighted by Gasteiger charge is 2.33. The van der Waals surface area contributed by atoms with Gasteiger partial charge in [-0.2, -0.15) is 4.98 Å². The van der Waals surface area contributed by atoms with Crippen LogP contribution in [-0.2, 0) is 4.79 Å². The molecule has 1 unspecified atom stereocenters. The van der Waals surface area contributed by atoms with Gasteiger partial charge in [-0.1, -0.05) is 5.16 Å². The molecule has 3 heterocycles. The molecule has 1 saturated heterocycles. The van der Waals surface area contributed by atoms with E-state index in [1.165, 1.54) is 0 Å². The lowest BCUT2D eigenvalue weighted by Gasteiger charge is -2.31. The highest BCUT2D eigenvalue weighted by atomic mass is 16.7. The minimum absolute atomic E-state index is 0.0560. The molecule has 1 atom stereocenters. The first-order valence-corrected chi connectivity index (χ1v) is 9.96. The van der Waals surface area contributed by atoms with E-state index in [1.807, 2.05) is 0 Å². The van der Waals surface area contributed by atoms with Gasteiger partial charge in [0.2, 0.25) is 18.6 Å². The third-order valence-electron chi connectivity index (χ3n) is 5.56. The fourth-order valence-electron chi connectivity index (χ4n) is 3.73. The summed E-state index contributed by atoms with van der Waals surface area (Å²) in [4.78, 5) is 31.3. The molecule has 1 aromatic heterocycles. The number of rotatable bonds is 5. The molecule has 1 saturated carbocycles. The first-order chi connectivity index (χ1) is 14.2. The molecular weight excluding hydrogens is 376 g/mol. The lowest BCUT2D eigenvalue weighted by molar-refractivity contribution is -0.131. The lowest BCUT2D eigenvalue weighted by atomic mass is 9.97. The van der Waals surface area contributed by atoms with Crippen LogP contribution in [0.3, 0.4) is 0 Å². The summed E-state index contributed by atoms with van der Waals surface area (Å²) in [5.41, 5.74) is 0.429. The van der Waals surface area contributed by atoms with Crippen LogP contribution in [0.1, 0.15) is 59.6 Å². The normalized spacial score (nSPS) is 20.6. The average molecular weight is 398 g/mol. The Hall–Kier alpha value is -3.10. The quantitative estimate of drug-likeness (QED) is 0.818. The molecule has 2 aromatic rings. The Morgan fingerprint density at radius 3 is 2.86 bits per heavy atom. The number of hydrogen-bond donors (Lipinski definition) is 1. The van der Waals surface area contributed by atoms with E-state index in [-0.39, 0.29) is 31.1 Å². The molecule has 0 bridgehead atoms. The Balaban J connectivity index is 1.16. The molecular formula is C20H22N4O5. The number of hydrogen-bond acceptors (Lipinski definition) is 7. The predicted octanol–water partition coefficient (Wildman–Crippen LogP) is 1.81. The van der Waals surface area contributed by atoms with E-state index >= 15 is 0 Å². The second-order valence-electron chi connectivity index (χ2n) is 7.69.